The van der Waals surface area contributed by atoms with E-state index in [-0.39, 0.29) is 17.9 Å². The van der Waals surface area contributed by atoms with Crippen LogP contribution in [0.1, 0.15) is 5.56 Å². The van der Waals surface area contributed by atoms with Gasteiger partial charge in [-0.05, 0) is 29.1 Å². The SMILES string of the molecule is COc1cc2c(=O)[nH]ccc2cc1NC(=O)Cc1ccccc1. The first-order chi connectivity index (χ1) is 11.2. The number of amides is 1. The maximum absolute atomic E-state index is 12.2. The van der Waals surface area contributed by atoms with Crippen molar-refractivity contribution < 1.29 is 9.53 Å². The molecule has 2 N–H and O–H groups in total. The summed E-state index contributed by atoms with van der Waals surface area (Å²) in [7, 11) is 1.51. The fraction of sp³-hybridized carbons (Fsp3) is 0.111. The molecule has 1 amide bonds. The fourth-order valence-corrected chi connectivity index (χ4v) is 2.46. The van der Waals surface area contributed by atoms with Crippen LogP contribution in [0.25, 0.3) is 10.8 Å². The van der Waals surface area contributed by atoms with Crippen molar-refractivity contribution in [2.45, 2.75) is 6.42 Å². The zero-order valence-electron chi connectivity index (χ0n) is 12.6. The summed E-state index contributed by atoms with van der Waals surface area (Å²) in [5.41, 5.74) is 1.29. The van der Waals surface area contributed by atoms with Crippen molar-refractivity contribution in [3.63, 3.8) is 0 Å². The summed E-state index contributed by atoms with van der Waals surface area (Å²) in [5.74, 6) is 0.314. The molecule has 0 aliphatic heterocycles. The Hall–Kier alpha value is -3.08. The van der Waals surface area contributed by atoms with Crippen molar-refractivity contribution in [2.24, 2.45) is 0 Å². The highest BCUT2D eigenvalue weighted by atomic mass is 16.5. The molecule has 0 fully saturated rings. The van der Waals surface area contributed by atoms with Crippen LogP contribution in [0.15, 0.2) is 59.5 Å². The Morgan fingerprint density at radius 3 is 2.70 bits per heavy atom. The molecule has 0 atom stereocenters. The van der Waals surface area contributed by atoms with Gasteiger partial charge in [0.2, 0.25) is 5.91 Å². The number of carbonyl (C=O) groups excluding carboxylic acids is 1. The van der Waals surface area contributed by atoms with E-state index in [0.717, 1.165) is 10.9 Å². The van der Waals surface area contributed by atoms with Crippen LogP contribution in [-0.4, -0.2) is 18.0 Å². The monoisotopic (exact) mass is 308 g/mol. The third-order valence-corrected chi connectivity index (χ3v) is 3.58. The number of benzene rings is 2. The molecule has 0 radical (unpaired) electrons. The second-order valence-electron chi connectivity index (χ2n) is 5.16. The lowest BCUT2D eigenvalue weighted by atomic mass is 10.1. The highest BCUT2D eigenvalue weighted by Crippen LogP contribution is 2.28. The third-order valence-electron chi connectivity index (χ3n) is 3.58. The summed E-state index contributed by atoms with van der Waals surface area (Å²) in [5, 5.41) is 4.10. The number of ether oxygens (including phenoxy) is 1. The van der Waals surface area contributed by atoms with Crippen molar-refractivity contribution in [2.75, 3.05) is 12.4 Å². The van der Waals surface area contributed by atoms with Crippen LogP contribution in [0.4, 0.5) is 5.69 Å². The highest BCUT2D eigenvalue weighted by molar-refractivity contribution is 5.97. The molecule has 3 aromatic rings. The van der Waals surface area contributed by atoms with Gasteiger partial charge in [-0.15, -0.1) is 0 Å². The molecule has 116 valence electrons. The van der Waals surface area contributed by atoms with Gasteiger partial charge in [0.15, 0.2) is 0 Å². The van der Waals surface area contributed by atoms with Crippen LogP contribution in [-0.2, 0) is 11.2 Å². The summed E-state index contributed by atoms with van der Waals surface area (Å²) in [4.78, 5) is 26.7. The molecule has 5 heteroatoms. The maximum Gasteiger partial charge on any atom is 0.255 e. The average Bonchev–Trinajstić information content (AvgIpc) is 2.55. The maximum atomic E-state index is 12.2. The van der Waals surface area contributed by atoms with Gasteiger partial charge in [-0.1, -0.05) is 30.3 Å². The summed E-state index contributed by atoms with van der Waals surface area (Å²) >= 11 is 0. The summed E-state index contributed by atoms with van der Waals surface area (Å²) in [6.07, 6.45) is 1.85. The smallest absolute Gasteiger partial charge is 0.255 e. The predicted octanol–water partition coefficient (Wildman–Crippen LogP) is 2.72. The number of carbonyl (C=O) groups is 1. The van der Waals surface area contributed by atoms with E-state index in [1.54, 1.807) is 24.4 Å². The normalized spacial score (nSPS) is 10.5. The lowest BCUT2D eigenvalue weighted by Gasteiger charge is -2.11. The first-order valence-electron chi connectivity index (χ1n) is 7.20. The topological polar surface area (TPSA) is 71.2 Å². The number of methoxy groups -OCH3 is 1. The van der Waals surface area contributed by atoms with Crippen molar-refractivity contribution in [3.05, 3.63) is 70.6 Å². The molecule has 0 aliphatic carbocycles. The molecule has 5 nitrogen and oxygen atoms in total. The van der Waals surface area contributed by atoms with E-state index >= 15 is 0 Å². The van der Waals surface area contributed by atoms with Gasteiger partial charge < -0.3 is 15.0 Å². The largest absolute Gasteiger partial charge is 0.495 e. The molecule has 2 aromatic carbocycles. The van der Waals surface area contributed by atoms with Crippen LogP contribution in [0.5, 0.6) is 5.75 Å². The number of pyridine rings is 1. The molecule has 0 saturated carbocycles. The standard InChI is InChI=1S/C18H16N2O3/c1-23-16-11-14-13(7-8-19-18(14)22)10-15(16)20-17(21)9-12-5-3-2-4-6-12/h2-8,10-11H,9H2,1H3,(H,19,22)(H,20,21). The number of rotatable bonds is 4. The predicted molar refractivity (Wildman–Crippen MR) is 89.9 cm³/mol. The van der Waals surface area contributed by atoms with Crippen LogP contribution in [0.2, 0.25) is 0 Å². The molecular formula is C18H16N2O3. The highest BCUT2D eigenvalue weighted by Gasteiger charge is 2.11. The molecule has 23 heavy (non-hydrogen) atoms. The van der Waals surface area contributed by atoms with Gasteiger partial charge in [0.1, 0.15) is 5.75 Å². The first-order valence-corrected chi connectivity index (χ1v) is 7.20. The number of aromatic nitrogens is 1. The van der Waals surface area contributed by atoms with Crippen LogP contribution >= 0.6 is 0 Å². The summed E-state index contributed by atoms with van der Waals surface area (Å²) < 4.78 is 5.29. The van der Waals surface area contributed by atoms with E-state index in [4.69, 9.17) is 4.74 Å². The molecule has 3 rings (SSSR count). The van der Waals surface area contributed by atoms with Crippen molar-refractivity contribution in [1.29, 1.82) is 0 Å². The number of fused-ring (bicyclic) bond motifs is 1. The molecular weight excluding hydrogens is 292 g/mol. The first kappa shape index (κ1) is 14.8. The molecule has 0 saturated heterocycles. The molecule has 0 bridgehead atoms. The van der Waals surface area contributed by atoms with E-state index in [1.807, 2.05) is 30.3 Å². The number of nitrogens with one attached hydrogen (secondary N) is 2. The molecule has 0 spiro atoms. The Labute approximate surface area is 132 Å². The zero-order valence-corrected chi connectivity index (χ0v) is 12.6. The van der Waals surface area contributed by atoms with E-state index in [1.165, 1.54) is 7.11 Å². The Kier molecular flexibility index (Phi) is 4.10. The quantitative estimate of drug-likeness (QED) is 0.778. The van der Waals surface area contributed by atoms with E-state index in [0.29, 0.717) is 16.8 Å². The Morgan fingerprint density at radius 2 is 1.96 bits per heavy atom. The minimum Gasteiger partial charge on any atom is -0.495 e. The van der Waals surface area contributed by atoms with Crippen LogP contribution in [0, 0.1) is 0 Å². The number of aromatic amines is 1. The summed E-state index contributed by atoms with van der Waals surface area (Å²) in [6, 6.07) is 14.7. The van der Waals surface area contributed by atoms with Crippen molar-refractivity contribution in [1.82, 2.24) is 4.98 Å². The van der Waals surface area contributed by atoms with Gasteiger partial charge >= 0.3 is 0 Å². The lowest BCUT2D eigenvalue weighted by Crippen LogP contribution is -2.15. The number of H-pyrrole nitrogens is 1. The van der Waals surface area contributed by atoms with Gasteiger partial charge in [0, 0.05) is 6.20 Å². The summed E-state index contributed by atoms with van der Waals surface area (Å²) in [6.45, 7) is 0. The van der Waals surface area contributed by atoms with Crippen molar-refractivity contribution in [3.8, 4) is 5.75 Å². The van der Waals surface area contributed by atoms with Crippen molar-refractivity contribution >= 4 is 22.4 Å². The lowest BCUT2D eigenvalue weighted by molar-refractivity contribution is -0.115. The van der Waals surface area contributed by atoms with Crippen LogP contribution in [0.3, 0.4) is 0 Å². The Balaban J connectivity index is 1.90. The number of hydrogen-bond donors (Lipinski definition) is 2. The molecule has 1 heterocycles. The molecule has 0 unspecified atom stereocenters. The number of hydrogen-bond acceptors (Lipinski definition) is 3. The second-order valence-corrected chi connectivity index (χ2v) is 5.16. The Morgan fingerprint density at radius 1 is 1.17 bits per heavy atom. The molecule has 0 aliphatic rings. The molecule has 1 aromatic heterocycles. The van der Waals surface area contributed by atoms with Gasteiger partial charge in [-0.2, -0.15) is 0 Å². The van der Waals surface area contributed by atoms with Gasteiger partial charge in [-0.3, -0.25) is 9.59 Å². The van der Waals surface area contributed by atoms with Gasteiger partial charge in [0.25, 0.3) is 5.56 Å². The Bertz CT molecular complexity index is 901. The average molecular weight is 308 g/mol. The minimum absolute atomic E-state index is 0.140. The fourth-order valence-electron chi connectivity index (χ4n) is 2.46. The zero-order chi connectivity index (χ0) is 16.2. The van der Waals surface area contributed by atoms with Gasteiger partial charge in [-0.25, -0.2) is 0 Å². The number of anilines is 1. The van der Waals surface area contributed by atoms with Crippen LogP contribution < -0.4 is 15.6 Å². The van der Waals surface area contributed by atoms with Gasteiger partial charge in [0.05, 0.1) is 24.6 Å². The second kappa shape index (κ2) is 6.36. The van der Waals surface area contributed by atoms with E-state index < -0.39 is 0 Å². The minimum atomic E-state index is -0.192. The van der Waals surface area contributed by atoms with E-state index in [2.05, 4.69) is 10.3 Å². The van der Waals surface area contributed by atoms with E-state index in [9.17, 15) is 9.59 Å². The third kappa shape index (κ3) is 3.23.